The normalized spacial score (nSPS) is 19.6. The minimum Gasteiger partial charge on any atom is -0.368 e. The SMILES string of the molecule is NC1CN(c2cc(F)c(N3CCC(=O)NC3=O)c(F)c2)C1. The number of imide groups is 1. The smallest absolute Gasteiger partial charge is 0.328 e. The molecule has 0 aliphatic carbocycles. The molecule has 8 heteroatoms. The fraction of sp³-hybridized carbons (Fsp3) is 0.385. The highest BCUT2D eigenvalue weighted by atomic mass is 19.1. The zero-order valence-corrected chi connectivity index (χ0v) is 11.1. The van der Waals surface area contributed by atoms with E-state index < -0.39 is 29.3 Å². The van der Waals surface area contributed by atoms with Gasteiger partial charge in [0.05, 0.1) is 0 Å². The molecule has 1 aromatic rings. The van der Waals surface area contributed by atoms with Crippen LogP contribution in [0.5, 0.6) is 0 Å². The molecule has 0 saturated carbocycles. The van der Waals surface area contributed by atoms with Gasteiger partial charge in [0.2, 0.25) is 5.91 Å². The summed E-state index contributed by atoms with van der Waals surface area (Å²) in [6.45, 7) is 1.03. The number of halogens is 2. The van der Waals surface area contributed by atoms with Gasteiger partial charge in [-0.2, -0.15) is 0 Å². The van der Waals surface area contributed by atoms with E-state index in [2.05, 4.69) is 0 Å². The van der Waals surface area contributed by atoms with Gasteiger partial charge >= 0.3 is 6.03 Å². The summed E-state index contributed by atoms with van der Waals surface area (Å²) in [4.78, 5) is 25.4. The predicted octanol–water partition coefficient (Wildman–Crippen LogP) is 0.558. The van der Waals surface area contributed by atoms with E-state index in [1.807, 2.05) is 5.32 Å². The second kappa shape index (κ2) is 4.96. The summed E-state index contributed by atoms with van der Waals surface area (Å²) in [5, 5.41) is 2.04. The van der Waals surface area contributed by atoms with Crippen LogP contribution in [0.4, 0.5) is 25.0 Å². The minimum absolute atomic E-state index is 0.00729. The van der Waals surface area contributed by atoms with E-state index in [1.54, 1.807) is 4.90 Å². The molecule has 6 nitrogen and oxygen atoms in total. The molecule has 0 bridgehead atoms. The Morgan fingerprint density at radius 1 is 1.19 bits per heavy atom. The lowest BCUT2D eigenvalue weighted by Gasteiger charge is -2.39. The van der Waals surface area contributed by atoms with Crippen molar-refractivity contribution in [1.29, 1.82) is 0 Å². The first-order chi connectivity index (χ1) is 9.95. The number of benzene rings is 1. The van der Waals surface area contributed by atoms with E-state index >= 15 is 0 Å². The summed E-state index contributed by atoms with van der Waals surface area (Å²) in [6, 6.07) is 1.54. The molecule has 112 valence electrons. The lowest BCUT2D eigenvalue weighted by molar-refractivity contribution is -0.120. The van der Waals surface area contributed by atoms with Crippen molar-refractivity contribution in [2.24, 2.45) is 5.73 Å². The Morgan fingerprint density at radius 2 is 1.81 bits per heavy atom. The summed E-state index contributed by atoms with van der Waals surface area (Å²) >= 11 is 0. The molecule has 0 aromatic heterocycles. The number of rotatable bonds is 2. The molecule has 0 radical (unpaired) electrons. The average Bonchev–Trinajstić information content (AvgIpc) is 2.36. The highest BCUT2D eigenvalue weighted by molar-refractivity contribution is 6.05. The highest BCUT2D eigenvalue weighted by Crippen LogP contribution is 2.31. The first-order valence-electron chi connectivity index (χ1n) is 6.56. The Hall–Kier alpha value is -2.22. The van der Waals surface area contributed by atoms with Gasteiger partial charge in [-0.05, 0) is 12.1 Å². The summed E-state index contributed by atoms with van der Waals surface area (Å²) in [5.74, 6) is -2.13. The van der Waals surface area contributed by atoms with E-state index in [0.717, 1.165) is 4.90 Å². The minimum atomic E-state index is -0.838. The van der Waals surface area contributed by atoms with Crippen LogP contribution in [0.2, 0.25) is 0 Å². The maximum atomic E-state index is 14.2. The first kappa shape index (κ1) is 13.7. The fourth-order valence-corrected chi connectivity index (χ4v) is 2.49. The third-order valence-electron chi connectivity index (χ3n) is 3.60. The van der Waals surface area contributed by atoms with Gasteiger partial charge in [0.25, 0.3) is 0 Å². The van der Waals surface area contributed by atoms with Crippen molar-refractivity contribution in [3.8, 4) is 0 Å². The molecule has 21 heavy (non-hydrogen) atoms. The lowest BCUT2D eigenvalue weighted by Crippen LogP contribution is -2.56. The summed E-state index contributed by atoms with van der Waals surface area (Å²) in [7, 11) is 0. The topological polar surface area (TPSA) is 78.7 Å². The van der Waals surface area contributed by atoms with E-state index in [0.29, 0.717) is 18.8 Å². The van der Waals surface area contributed by atoms with Crippen LogP contribution in [0.3, 0.4) is 0 Å². The molecule has 2 saturated heterocycles. The Labute approximate surface area is 119 Å². The van der Waals surface area contributed by atoms with Crippen molar-refractivity contribution >= 4 is 23.3 Å². The van der Waals surface area contributed by atoms with E-state index in [1.165, 1.54) is 12.1 Å². The second-order valence-corrected chi connectivity index (χ2v) is 5.18. The number of anilines is 2. The van der Waals surface area contributed by atoms with Gasteiger partial charge in [-0.25, -0.2) is 13.6 Å². The molecule has 0 spiro atoms. The van der Waals surface area contributed by atoms with Gasteiger partial charge in [-0.1, -0.05) is 0 Å². The van der Waals surface area contributed by atoms with Crippen LogP contribution in [0, 0.1) is 11.6 Å². The number of amides is 3. The largest absolute Gasteiger partial charge is 0.368 e. The number of hydrogen-bond donors (Lipinski definition) is 2. The molecule has 1 aromatic carbocycles. The Bertz CT molecular complexity index is 593. The molecule has 2 aliphatic heterocycles. The third-order valence-corrected chi connectivity index (χ3v) is 3.60. The summed E-state index contributed by atoms with van der Waals surface area (Å²) < 4.78 is 28.4. The van der Waals surface area contributed by atoms with Gasteiger partial charge < -0.3 is 10.6 Å². The lowest BCUT2D eigenvalue weighted by atomic mass is 10.1. The van der Waals surface area contributed by atoms with Gasteiger partial charge in [0, 0.05) is 37.8 Å². The van der Waals surface area contributed by atoms with E-state index in [4.69, 9.17) is 5.73 Å². The Kier molecular flexibility index (Phi) is 3.25. The quantitative estimate of drug-likeness (QED) is 0.836. The van der Waals surface area contributed by atoms with Crippen LogP contribution in [0.15, 0.2) is 12.1 Å². The van der Waals surface area contributed by atoms with Gasteiger partial charge in [-0.15, -0.1) is 0 Å². The van der Waals surface area contributed by atoms with Gasteiger partial charge in [0.1, 0.15) is 5.69 Å². The number of hydrogen-bond acceptors (Lipinski definition) is 4. The van der Waals surface area contributed by atoms with Gasteiger partial charge in [0.15, 0.2) is 11.6 Å². The number of carbonyl (C=O) groups is 2. The Morgan fingerprint density at radius 3 is 2.33 bits per heavy atom. The number of urea groups is 1. The maximum Gasteiger partial charge on any atom is 0.328 e. The number of carbonyl (C=O) groups excluding carboxylic acids is 2. The van der Waals surface area contributed by atoms with Crippen molar-refractivity contribution in [2.75, 3.05) is 29.4 Å². The van der Waals surface area contributed by atoms with Crippen LogP contribution < -0.4 is 20.9 Å². The first-order valence-corrected chi connectivity index (χ1v) is 6.56. The molecule has 2 aliphatic rings. The summed E-state index contributed by atoms with van der Waals surface area (Å²) in [5.41, 5.74) is 5.59. The van der Waals surface area contributed by atoms with Gasteiger partial charge in [-0.3, -0.25) is 15.0 Å². The van der Waals surface area contributed by atoms with Crippen molar-refractivity contribution in [1.82, 2.24) is 5.32 Å². The molecule has 3 rings (SSSR count). The Balaban J connectivity index is 1.89. The summed E-state index contributed by atoms with van der Waals surface area (Å²) in [6.07, 6.45) is 0.00729. The molecule has 2 fully saturated rings. The van der Waals surface area contributed by atoms with Crippen LogP contribution >= 0.6 is 0 Å². The number of nitrogens with one attached hydrogen (secondary N) is 1. The van der Waals surface area contributed by atoms with E-state index in [9.17, 15) is 18.4 Å². The molecular weight excluding hydrogens is 282 g/mol. The van der Waals surface area contributed by atoms with Crippen LogP contribution in [0.25, 0.3) is 0 Å². The second-order valence-electron chi connectivity index (χ2n) is 5.18. The molecule has 2 heterocycles. The fourth-order valence-electron chi connectivity index (χ4n) is 2.49. The van der Waals surface area contributed by atoms with Crippen LogP contribution in [-0.2, 0) is 4.79 Å². The molecule has 3 N–H and O–H groups in total. The maximum absolute atomic E-state index is 14.2. The van der Waals surface area contributed by atoms with Crippen LogP contribution in [0.1, 0.15) is 6.42 Å². The number of nitrogens with two attached hydrogens (primary N) is 1. The molecule has 0 atom stereocenters. The molecule has 0 unspecified atom stereocenters. The third kappa shape index (κ3) is 2.42. The van der Waals surface area contributed by atoms with Crippen molar-refractivity contribution in [3.63, 3.8) is 0 Å². The van der Waals surface area contributed by atoms with Crippen molar-refractivity contribution in [2.45, 2.75) is 12.5 Å². The average molecular weight is 296 g/mol. The number of nitrogens with zero attached hydrogens (tertiary/aromatic N) is 2. The molecule has 3 amide bonds. The van der Waals surface area contributed by atoms with Crippen molar-refractivity contribution in [3.05, 3.63) is 23.8 Å². The van der Waals surface area contributed by atoms with Crippen LogP contribution in [-0.4, -0.2) is 37.6 Å². The standard InChI is InChI=1S/C13H14F2N4O2/c14-9-3-8(18-5-7(16)6-18)4-10(15)12(9)19-2-1-11(20)17-13(19)21/h3-4,7H,1-2,5-6,16H2,(H,17,20,21). The monoisotopic (exact) mass is 296 g/mol. The molecular formula is C13H14F2N4O2. The highest BCUT2D eigenvalue weighted by Gasteiger charge is 2.31. The predicted molar refractivity (Wildman–Crippen MR) is 72.0 cm³/mol. The van der Waals surface area contributed by atoms with E-state index in [-0.39, 0.29) is 19.0 Å². The zero-order chi connectivity index (χ0) is 15.1. The zero-order valence-electron chi connectivity index (χ0n) is 11.1. The van der Waals surface area contributed by atoms with Crippen molar-refractivity contribution < 1.29 is 18.4 Å².